The van der Waals surface area contributed by atoms with E-state index in [2.05, 4.69) is 47.2 Å². The normalized spacial score (nSPS) is 24.2. The summed E-state index contributed by atoms with van der Waals surface area (Å²) < 4.78 is 5.34. The number of morpholine rings is 1. The summed E-state index contributed by atoms with van der Waals surface area (Å²) in [5.74, 6) is 0.488. The van der Waals surface area contributed by atoms with E-state index in [9.17, 15) is 0 Å². The van der Waals surface area contributed by atoms with Crippen molar-refractivity contribution in [1.82, 2.24) is 15.6 Å². The van der Waals surface area contributed by atoms with Crippen LogP contribution in [0.3, 0.4) is 0 Å². The van der Waals surface area contributed by atoms with Crippen LogP contribution in [0.5, 0.6) is 0 Å². The highest BCUT2D eigenvalue weighted by molar-refractivity contribution is 7.80. The molecule has 1 saturated heterocycles. The van der Waals surface area contributed by atoms with Crippen molar-refractivity contribution in [3.63, 3.8) is 0 Å². The zero-order valence-electron chi connectivity index (χ0n) is 14.2. The molecule has 0 radical (unpaired) electrons. The Morgan fingerprint density at radius 2 is 2.22 bits per heavy atom. The first-order chi connectivity index (χ1) is 11.1. The number of rotatable bonds is 5. The molecule has 2 aliphatic rings. The van der Waals surface area contributed by atoms with Crippen LogP contribution in [-0.4, -0.2) is 55.1 Å². The van der Waals surface area contributed by atoms with Crippen molar-refractivity contribution in [2.24, 2.45) is 11.0 Å². The van der Waals surface area contributed by atoms with Crippen LogP contribution in [-0.2, 0) is 4.74 Å². The predicted molar refractivity (Wildman–Crippen MR) is 99.7 cm³/mol. The van der Waals surface area contributed by atoms with Gasteiger partial charge in [0.2, 0.25) is 0 Å². The Labute approximate surface area is 144 Å². The largest absolute Gasteiger partial charge is 0.379 e. The van der Waals surface area contributed by atoms with Crippen molar-refractivity contribution in [2.45, 2.75) is 26.7 Å². The van der Waals surface area contributed by atoms with Crippen LogP contribution in [0.1, 0.15) is 26.7 Å². The van der Waals surface area contributed by atoms with Crippen molar-refractivity contribution in [1.29, 1.82) is 0 Å². The zero-order chi connectivity index (χ0) is 16.7. The summed E-state index contributed by atoms with van der Waals surface area (Å²) in [7, 11) is 0. The number of nitrogens with one attached hydrogen (secondary N) is 2. The lowest BCUT2D eigenvalue weighted by atomic mass is 9.85. The van der Waals surface area contributed by atoms with Crippen LogP contribution in [0.15, 0.2) is 28.9 Å². The van der Waals surface area contributed by atoms with E-state index >= 15 is 0 Å². The molecule has 1 atom stereocenters. The quantitative estimate of drug-likeness (QED) is 0.457. The van der Waals surface area contributed by atoms with Crippen molar-refractivity contribution < 1.29 is 4.74 Å². The van der Waals surface area contributed by atoms with Crippen molar-refractivity contribution in [3.05, 3.63) is 23.8 Å². The second-order valence-electron chi connectivity index (χ2n) is 6.25. The van der Waals surface area contributed by atoms with Crippen LogP contribution in [0, 0.1) is 5.92 Å². The van der Waals surface area contributed by atoms with Gasteiger partial charge in [-0.05, 0) is 50.4 Å². The molecule has 0 unspecified atom stereocenters. The summed E-state index contributed by atoms with van der Waals surface area (Å²) in [6.07, 6.45) is 4.22. The highest BCUT2D eigenvalue weighted by Crippen LogP contribution is 2.26. The molecule has 0 aromatic heterocycles. The molecule has 1 aliphatic heterocycles. The Morgan fingerprint density at radius 1 is 1.48 bits per heavy atom. The monoisotopic (exact) mass is 336 g/mol. The van der Waals surface area contributed by atoms with E-state index in [0.29, 0.717) is 11.0 Å². The molecule has 0 amide bonds. The molecule has 1 heterocycles. The lowest BCUT2D eigenvalue weighted by Gasteiger charge is -2.26. The molecule has 0 aromatic carbocycles. The standard InChI is InChI=1S/C17H28N4OS/c1-13(2)15-5-4-14(3)16(12-15)19-20-17(23)18-6-7-21-8-10-22-11-9-21/h4,15H,1,5-12H2,2-3H3,(H2,18,20,23)/t15-/m1/s1. The van der Waals surface area contributed by atoms with Gasteiger partial charge in [-0.1, -0.05) is 18.2 Å². The predicted octanol–water partition coefficient (Wildman–Crippen LogP) is 2.07. The number of hydrogen-bond acceptors (Lipinski definition) is 4. The highest BCUT2D eigenvalue weighted by Gasteiger charge is 2.18. The molecule has 0 saturated carbocycles. The van der Waals surface area contributed by atoms with Gasteiger partial charge in [-0.3, -0.25) is 10.3 Å². The van der Waals surface area contributed by atoms with E-state index in [1.807, 2.05) is 0 Å². The Balaban J connectivity index is 1.72. The third kappa shape index (κ3) is 6.05. The second-order valence-corrected chi connectivity index (χ2v) is 6.66. The summed E-state index contributed by atoms with van der Waals surface area (Å²) in [6.45, 7) is 13.7. The first-order valence-electron chi connectivity index (χ1n) is 8.29. The fourth-order valence-corrected chi connectivity index (χ4v) is 2.88. The maximum atomic E-state index is 5.34. The molecule has 0 bridgehead atoms. The molecule has 5 nitrogen and oxygen atoms in total. The summed E-state index contributed by atoms with van der Waals surface area (Å²) in [5.41, 5.74) is 6.49. The second kappa shape index (κ2) is 9.15. The Hall–Kier alpha value is -1.24. The molecule has 2 N–H and O–H groups in total. The molecule has 6 heteroatoms. The van der Waals surface area contributed by atoms with Crippen LogP contribution < -0.4 is 10.7 Å². The Morgan fingerprint density at radius 3 is 2.91 bits per heavy atom. The SMILES string of the molecule is C=C(C)[C@@H]1CC=C(C)C(=NNC(=S)NCCN2CCOCC2)C1. The average Bonchev–Trinajstić information content (AvgIpc) is 2.55. The fourth-order valence-electron chi connectivity index (χ4n) is 2.73. The fraction of sp³-hybridized carbons (Fsp3) is 0.647. The summed E-state index contributed by atoms with van der Waals surface area (Å²) in [4.78, 5) is 2.37. The Kier molecular flexibility index (Phi) is 7.20. The molecule has 1 aliphatic carbocycles. The molecule has 1 fully saturated rings. The van der Waals surface area contributed by atoms with E-state index < -0.39 is 0 Å². The first-order valence-corrected chi connectivity index (χ1v) is 8.70. The van der Waals surface area contributed by atoms with Crippen molar-refractivity contribution >= 4 is 23.0 Å². The molecule has 128 valence electrons. The van der Waals surface area contributed by atoms with Crippen LogP contribution >= 0.6 is 12.2 Å². The number of allylic oxidation sites excluding steroid dienone is 3. The minimum absolute atomic E-state index is 0.488. The van der Waals surface area contributed by atoms with Crippen LogP contribution in [0.25, 0.3) is 0 Å². The van der Waals surface area contributed by atoms with Crippen molar-refractivity contribution in [2.75, 3.05) is 39.4 Å². The van der Waals surface area contributed by atoms with Gasteiger partial charge < -0.3 is 10.1 Å². The molecular weight excluding hydrogens is 308 g/mol. The minimum atomic E-state index is 0.488. The Bertz CT molecular complexity index is 495. The molecule has 0 aromatic rings. The molecule has 0 spiro atoms. The van der Waals surface area contributed by atoms with Gasteiger partial charge in [-0.2, -0.15) is 5.10 Å². The van der Waals surface area contributed by atoms with E-state index in [0.717, 1.165) is 57.9 Å². The maximum absolute atomic E-state index is 5.34. The topological polar surface area (TPSA) is 48.9 Å². The molecule has 23 heavy (non-hydrogen) atoms. The third-order valence-electron chi connectivity index (χ3n) is 4.41. The van der Waals surface area contributed by atoms with Gasteiger partial charge >= 0.3 is 0 Å². The van der Waals surface area contributed by atoms with Gasteiger partial charge in [0.15, 0.2) is 5.11 Å². The van der Waals surface area contributed by atoms with Crippen molar-refractivity contribution in [3.8, 4) is 0 Å². The number of hydrogen-bond donors (Lipinski definition) is 2. The summed E-state index contributed by atoms with van der Waals surface area (Å²) >= 11 is 5.30. The van der Waals surface area contributed by atoms with Gasteiger partial charge in [-0.25, -0.2) is 0 Å². The van der Waals surface area contributed by atoms with E-state index in [1.165, 1.54) is 11.1 Å². The number of ether oxygens (including phenoxy) is 1. The van der Waals surface area contributed by atoms with Gasteiger partial charge in [0.05, 0.1) is 18.9 Å². The average molecular weight is 337 g/mol. The highest BCUT2D eigenvalue weighted by atomic mass is 32.1. The maximum Gasteiger partial charge on any atom is 0.187 e. The van der Waals surface area contributed by atoms with Crippen LogP contribution in [0.4, 0.5) is 0 Å². The van der Waals surface area contributed by atoms with Gasteiger partial charge in [0, 0.05) is 26.2 Å². The van der Waals surface area contributed by atoms with Gasteiger partial charge in [-0.15, -0.1) is 0 Å². The lowest BCUT2D eigenvalue weighted by molar-refractivity contribution is 0.0389. The number of nitrogens with zero attached hydrogens (tertiary/aromatic N) is 2. The lowest BCUT2D eigenvalue weighted by Crippen LogP contribution is -2.43. The van der Waals surface area contributed by atoms with Gasteiger partial charge in [0.1, 0.15) is 0 Å². The van der Waals surface area contributed by atoms with Crippen LogP contribution in [0.2, 0.25) is 0 Å². The molecular formula is C17H28N4OS. The minimum Gasteiger partial charge on any atom is -0.379 e. The number of thiocarbonyl (C=S) groups is 1. The smallest absolute Gasteiger partial charge is 0.187 e. The van der Waals surface area contributed by atoms with E-state index in [4.69, 9.17) is 17.0 Å². The first kappa shape index (κ1) is 18.1. The summed E-state index contributed by atoms with van der Waals surface area (Å²) in [6, 6.07) is 0. The molecule has 2 rings (SSSR count). The number of hydrazone groups is 1. The van der Waals surface area contributed by atoms with Gasteiger partial charge in [0.25, 0.3) is 0 Å². The van der Waals surface area contributed by atoms with E-state index in [1.54, 1.807) is 0 Å². The third-order valence-corrected chi connectivity index (χ3v) is 4.65. The summed E-state index contributed by atoms with van der Waals surface area (Å²) in [5, 5.41) is 8.27. The van der Waals surface area contributed by atoms with E-state index in [-0.39, 0.29) is 0 Å². The zero-order valence-corrected chi connectivity index (χ0v) is 15.0.